The molecule has 0 bridgehead atoms. The van der Waals surface area contributed by atoms with Crippen LogP contribution in [0.4, 0.5) is 5.69 Å². The van der Waals surface area contributed by atoms with E-state index >= 15 is 0 Å². The molecule has 6 heteroatoms. The zero-order valence-corrected chi connectivity index (χ0v) is 16.4. The Morgan fingerprint density at radius 3 is 2.54 bits per heavy atom. The van der Waals surface area contributed by atoms with E-state index in [0.717, 1.165) is 16.8 Å². The van der Waals surface area contributed by atoms with Crippen LogP contribution in [0.15, 0.2) is 53.7 Å². The van der Waals surface area contributed by atoms with Crippen molar-refractivity contribution in [1.29, 1.82) is 0 Å². The monoisotopic (exact) mass is 385 g/mol. The Morgan fingerprint density at radius 1 is 1.12 bits per heavy atom. The SMILES string of the molecule is CC1=C(C(=O)Nc2ccc(C)c(C)c2)[C@H](c2ccccc2Cl)NC(=S)N1. The van der Waals surface area contributed by atoms with Gasteiger partial charge in [-0.05, 0) is 67.9 Å². The first-order valence-corrected chi connectivity index (χ1v) is 9.06. The molecule has 0 aliphatic carbocycles. The van der Waals surface area contributed by atoms with Gasteiger partial charge in [-0.2, -0.15) is 0 Å². The zero-order chi connectivity index (χ0) is 18.8. The first-order valence-electron chi connectivity index (χ1n) is 8.28. The van der Waals surface area contributed by atoms with Gasteiger partial charge in [0.1, 0.15) is 0 Å². The molecular weight excluding hydrogens is 366 g/mol. The molecular formula is C20H20ClN3OS. The van der Waals surface area contributed by atoms with Crippen LogP contribution in [-0.4, -0.2) is 11.0 Å². The Morgan fingerprint density at radius 2 is 1.85 bits per heavy atom. The molecule has 0 spiro atoms. The van der Waals surface area contributed by atoms with Gasteiger partial charge in [0, 0.05) is 16.4 Å². The lowest BCUT2D eigenvalue weighted by molar-refractivity contribution is -0.113. The smallest absolute Gasteiger partial charge is 0.255 e. The molecule has 2 aromatic rings. The normalized spacial score (nSPS) is 16.8. The summed E-state index contributed by atoms with van der Waals surface area (Å²) in [7, 11) is 0. The topological polar surface area (TPSA) is 53.2 Å². The molecule has 134 valence electrons. The number of thiocarbonyl (C=S) groups is 1. The number of hydrogen-bond donors (Lipinski definition) is 3. The Bertz CT molecular complexity index is 923. The highest BCUT2D eigenvalue weighted by Crippen LogP contribution is 2.32. The fraction of sp³-hybridized carbons (Fsp3) is 0.200. The summed E-state index contributed by atoms with van der Waals surface area (Å²) in [5.74, 6) is -0.196. The molecule has 0 saturated carbocycles. The number of aryl methyl sites for hydroxylation is 2. The van der Waals surface area contributed by atoms with Gasteiger partial charge in [0.05, 0.1) is 11.6 Å². The summed E-state index contributed by atoms with van der Waals surface area (Å²) < 4.78 is 0. The minimum absolute atomic E-state index is 0.196. The number of halogens is 1. The predicted octanol–water partition coefficient (Wildman–Crippen LogP) is 4.39. The van der Waals surface area contributed by atoms with Gasteiger partial charge in [0.2, 0.25) is 0 Å². The highest BCUT2D eigenvalue weighted by Gasteiger charge is 2.31. The third-order valence-corrected chi connectivity index (χ3v) is 5.06. The summed E-state index contributed by atoms with van der Waals surface area (Å²) in [5.41, 5.74) is 5.13. The molecule has 0 saturated heterocycles. The summed E-state index contributed by atoms with van der Waals surface area (Å²) in [6.07, 6.45) is 0. The molecule has 0 aromatic heterocycles. The zero-order valence-electron chi connectivity index (χ0n) is 14.8. The van der Waals surface area contributed by atoms with Crippen LogP contribution >= 0.6 is 23.8 Å². The Labute approximate surface area is 163 Å². The summed E-state index contributed by atoms with van der Waals surface area (Å²) in [4.78, 5) is 13.0. The maximum absolute atomic E-state index is 13.0. The second kappa shape index (κ2) is 7.48. The summed E-state index contributed by atoms with van der Waals surface area (Å²) in [6, 6.07) is 12.9. The highest BCUT2D eigenvalue weighted by atomic mass is 35.5. The third-order valence-electron chi connectivity index (χ3n) is 4.49. The van der Waals surface area contributed by atoms with E-state index in [2.05, 4.69) is 16.0 Å². The van der Waals surface area contributed by atoms with Gasteiger partial charge in [-0.25, -0.2) is 0 Å². The van der Waals surface area contributed by atoms with Crippen LogP contribution in [0.3, 0.4) is 0 Å². The van der Waals surface area contributed by atoms with Crippen LogP contribution in [0.2, 0.25) is 5.02 Å². The minimum atomic E-state index is -0.413. The van der Waals surface area contributed by atoms with E-state index in [4.69, 9.17) is 23.8 Å². The van der Waals surface area contributed by atoms with E-state index in [9.17, 15) is 4.79 Å². The molecule has 2 aromatic carbocycles. The lowest BCUT2D eigenvalue weighted by Crippen LogP contribution is -2.45. The van der Waals surface area contributed by atoms with Crippen LogP contribution < -0.4 is 16.0 Å². The summed E-state index contributed by atoms with van der Waals surface area (Å²) in [5, 5.41) is 10.2. The molecule has 26 heavy (non-hydrogen) atoms. The molecule has 0 fully saturated rings. The molecule has 1 aliphatic heterocycles. The standard InChI is InChI=1S/C20H20ClN3OS/c1-11-8-9-14(10-12(11)2)23-19(25)17-13(3)22-20(26)24-18(17)15-6-4-5-7-16(15)21/h4-10,18H,1-3H3,(H,23,25)(H2,22,24,26)/t18-/m0/s1. The number of amides is 1. The number of benzene rings is 2. The quantitative estimate of drug-likeness (QED) is 0.686. The van der Waals surface area contributed by atoms with Crippen molar-refractivity contribution in [2.75, 3.05) is 5.32 Å². The van der Waals surface area contributed by atoms with Crippen molar-refractivity contribution in [3.05, 3.63) is 75.4 Å². The van der Waals surface area contributed by atoms with Gasteiger partial charge < -0.3 is 16.0 Å². The second-order valence-corrected chi connectivity index (χ2v) is 7.16. The molecule has 4 nitrogen and oxygen atoms in total. The van der Waals surface area contributed by atoms with E-state index in [1.807, 2.05) is 57.2 Å². The van der Waals surface area contributed by atoms with E-state index in [0.29, 0.717) is 21.4 Å². The number of rotatable bonds is 3. The molecule has 3 N–H and O–H groups in total. The molecule has 0 radical (unpaired) electrons. The molecule has 1 amide bonds. The van der Waals surface area contributed by atoms with Gasteiger partial charge in [-0.15, -0.1) is 0 Å². The maximum Gasteiger partial charge on any atom is 0.255 e. The number of allylic oxidation sites excluding steroid dienone is 1. The Kier molecular flexibility index (Phi) is 5.30. The third kappa shape index (κ3) is 3.74. The van der Waals surface area contributed by atoms with Crippen LogP contribution in [0, 0.1) is 13.8 Å². The minimum Gasteiger partial charge on any atom is -0.351 e. The van der Waals surface area contributed by atoms with Gasteiger partial charge in [0.15, 0.2) is 5.11 Å². The molecule has 1 aliphatic rings. The Balaban J connectivity index is 1.97. The van der Waals surface area contributed by atoms with Crippen molar-refractivity contribution in [2.24, 2.45) is 0 Å². The fourth-order valence-electron chi connectivity index (χ4n) is 2.95. The van der Waals surface area contributed by atoms with Crippen molar-refractivity contribution < 1.29 is 4.79 Å². The lowest BCUT2D eigenvalue weighted by atomic mass is 9.94. The van der Waals surface area contributed by atoms with E-state index < -0.39 is 6.04 Å². The van der Waals surface area contributed by atoms with Gasteiger partial charge in [-0.3, -0.25) is 4.79 Å². The number of carbonyl (C=O) groups is 1. The van der Waals surface area contributed by atoms with Crippen LogP contribution in [0.5, 0.6) is 0 Å². The van der Waals surface area contributed by atoms with Gasteiger partial charge >= 0.3 is 0 Å². The summed E-state index contributed by atoms with van der Waals surface area (Å²) in [6.45, 7) is 5.90. The van der Waals surface area contributed by atoms with Crippen LogP contribution in [0.1, 0.15) is 29.7 Å². The number of anilines is 1. The molecule has 0 unspecified atom stereocenters. The molecule has 1 heterocycles. The van der Waals surface area contributed by atoms with Crippen molar-refractivity contribution in [3.8, 4) is 0 Å². The highest BCUT2D eigenvalue weighted by molar-refractivity contribution is 7.80. The Hall–Kier alpha value is -2.37. The largest absolute Gasteiger partial charge is 0.351 e. The number of nitrogens with one attached hydrogen (secondary N) is 3. The number of hydrogen-bond acceptors (Lipinski definition) is 2. The molecule has 1 atom stereocenters. The van der Waals surface area contributed by atoms with E-state index in [1.54, 1.807) is 6.07 Å². The average Bonchev–Trinajstić information content (AvgIpc) is 2.57. The van der Waals surface area contributed by atoms with Gasteiger partial charge in [-0.1, -0.05) is 35.9 Å². The van der Waals surface area contributed by atoms with E-state index in [1.165, 1.54) is 5.56 Å². The second-order valence-electron chi connectivity index (χ2n) is 6.34. The fourth-order valence-corrected chi connectivity index (χ4v) is 3.47. The first-order chi connectivity index (χ1) is 12.4. The summed E-state index contributed by atoms with van der Waals surface area (Å²) >= 11 is 11.6. The maximum atomic E-state index is 13.0. The van der Waals surface area contributed by atoms with Crippen molar-refractivity contribution in [3.63, 3.8) is 0 Å². The van der Waals surface area contributed by atoms with Gasteiger partial charge in [0.25, 0.3) is 5.91 Å². The lowest BCUT2D eigenvalue weighted by Gasteiger charge is -2.30. The van der Waals surface area contributed by atoms with Crippen LogP contribution in [0.25, 0.3) is 0 Å². The van der Waals surface area contributed by atoms with Crippen molar-refractivity contribution in [1.82, 2.24) is 10.6 Å². The van der Waals surface area contributed by atoms with Crippen molar-refractivity contribution in [2.45, 2.75) is 26.8 Å². The van der Waals surface area contributed by atoms with E-state index in [-0.39, 0.29) is 5.91 Å². The predicted molar refractivity (Wildman–Crippen MR) is 110 cm³/mol. The number of carbonyl (C=O) groups excluding carboxylic acids is 1. The van der Waals surface area contributed by atoms with Crippen molar-refractivity contribution >= 4 is 40.5 Å². The molecule has 3 rings (SSSR count). The average molecular weight is 386 g/mol. The first kappa shape index (κ1) is 18.4. The van der Waals surface area contributed by atoms with Crippen LogP contribution in [-0.2, 0) is 4.79 Å².